The van der Waals surface area contributed by atoms with E-state index in [4.69, 9.17) is 35.0 Å². The Balaban J connectivity index is 0.000000431. The molecule has 0 aliphatic carbocycles. The molecular weight excluding hydrogens is 405 g/mol. The Kier molecular flexibility index (Phi) is 7.39. The Bertz CT molecular complexity index is 742. The van der Waals surface area contributed by atoms with Crippen LogP contribution < -0.4 is 14.0 Å². The SMILES string of the molecule is COC(=O)[C@H](c1ccccc1Cl)N1CCc2sccc2C1.[O-][Cl+3]([O-])([O-])O. The van der Waals surface area contributed by atoms with Crippen molar-refractivity contribution in [2.45, 2.75) is 19.0 Å². The molecule has 1 aliphatic heterocycles. The summed E-state index contributed by atoms with van der Waals surface area (Å²) in [5.74, 6) is -0.262. The van der Waals surface area contributed by atoms with Crippen LogP contribution in [0.25, 0.3) is 0 Å². The molecule has 0 fully saturated rings. The largest absolute Gasteiger partial charge is 0.468 e. The molecule has 1 aromatic heterocycles. The number of carbonyl (C=O) groups is 1. The standard InChI is InChI=1S/C16H16ClNO2S.ClHO4/c1-20-16(19)15(12-4-2-3-5-13(12)17)18-8-6-14-11(10-18)7-9-21-14;2-1(3,4)5/h2-5,7,9,15H,6,8,10H2,1H3;(H,2,3,4,5)/t15-;/m0./s1. The van der Waals surface area contributed by atoms with Crippen LogP contribution >= 0.6 is 22.9 Å². The Hall–Kier alpha value is -1.23. The number of benzene rings is 1. The molecule has 2 aromatic rings. The highest BCUT2D eigenvalue weighted by atomic mass is 35.7. The Morgan fingerprint density at radius 2 is 2.00 bits per heavy atom. The van der Waals surface area contributed by atoms with Crippen molar-refractivity contribution in [3.05, 3.63) is 56.7 Å². The Morgan fingerprint density at radius 3 is 2.62 bits per heavy atom. The summed E-state index contributed by atoms with van der Waals surface area (Å²) in [7, 11) is -3.27. The summed E-state index contributed by atoms with van der Waals surface area (Å²) >= 11 is 8.07. The number of carbonyl (C=O) groups excluding carboxylic acids is 1. The van der Waals surface area contributed by atoms with Crippen molar-refractivity contribution in [3.8, 4) is 0 Å². The molecule has 0 radical (unpaired) electrons. The average Bonchev–Trinajstić information content (AvgIpc) is 3.03. The first-order valence-corrected chi connectivity index (χ1v) is 9.97. The van der Waals surface area contributed by atoms with E-state index in [1.54, 1.807) is 11.3 Å². The van der Waals surface area contributed by atoms with Gasteiger partial charge in [-0.1, -0.05) is 29.8 Å². The lowest BCUT2D eigenvalue weighted by atomic mass is 10.0. The fourth-order valence-corrected chi connectivity index (χ4v) is 3.90. The topological polar surface area (TPSA) is 119 Å². The number of methoxy groups -OCH3 is 1. The summed E-state index contributed by atoms with van der Waals surface area (Å²) in [6.07, 6.45) is 0.963. The lowest BCUT2D eigenvalue weighted by Crippen LogP contribution is -2.58. The molecule has 7 nitrogen and oxygen atoms in total. The molecule has 10 heteroatoms. The van der Waals surface area contributed by atoms with Gasteiger partial charge in [0.15, 0.2) is 0 Å². The molecule has 3 rings (SSSR count). The molecule has 0 saturated heterocycles. The van der Waals surface area contributed by atoms with Gasteiger partial charge in [0.2, 0.25) is 0 Å². The second-order valence-electron chi connectivity index (χ2n) is 5.43. The number of nitrogens with zero attached hydrogens (tertiary/aromatic N) is 1. The van der Waals surface area contributed by atoms with E-state index < -0.39 is 16.3 Å². The molecule has 0 bridgehead atoms. The van der Waals surface area contributed by atoms with Gasteiger partial charge in [0, 0.05) is 23.0 Å². The average molecular weight is 422 g/mol. The van der Waals surface area contributed by atoms with E-state index in [1.807, 2.05) is 24.3 Å². The highest BCUT2D eigenvalue weighted by molar-refractivity contribution is 7.10. The second kappa shape index (κ2) is 9.12. The number of fused-ring (bicyclic) bond motifs is 1. The van der Waals surface area contributed by atoms with Gasteiger partial charge in [-0.3, -0.25) is 4.90 Å². The first-order valence-electron chi connectivity index (χ1n) is 7.45. The van der Waals surface area contributed by atoms with Crippen LogP contribution in [0.5, 0.6) is 0 Å². The van der Waals surface area contributed by atoms with E-state index in [9.17, 15) is 4.79 Å². The Morgan fingerprint density at radius 1 is 1.35 bits per heavy atom. The van der Waals surface area contributed by atoms with E-state index in [2.05, 4.69) is 16.3 Å². The molecule has 0 saturated carbocycles. The smallest absolute Gasteiger partial charge is 0.327 e. The molecule has 26 heavy (non-hydrogen) atoms. The minimum absolute atomic E-state index is 0.262. The highest BCUT2D eigenvalue weighted by Crippen LogP contribution is 2.33. The predicted octanol–water partition coefficient (Wildman–Crippen LogP) is -0.450. The van der Waals surface area contributed by atoms with Crippen LogP contribution in [0.15, 0.2) is 35.7 Å². The fourth-order valence-electron chi connectivity index (χ4n) is 2.77. The molecule has 142 valence electrons. The third kappa shape index (κ3) is 5.90. The second-order valence-corrected chi connectivity index (χ2v) is 7.63. The summed E-state index contributed by atoms with van der Waals surface area (Å²) in [6.45, 7) is 1.59. The van der Waals surface area contributed by atoms with Crippen LogP contribution in [0.4, 0.5) is 0 Å². The Labute approximate surface area is 161 Å². The summed E-state index contributed by atoms with van der Waals surface area (Å²) in [4.78, 5) is 15.8. The third-order valence-electron chi connectivity index (χ3n) is 3.83. The molecule has 1 aliphatic rings. The van der Waals surface area contributed by atoms with E-state index in [1.165, 1.54) is 17.6 Å². The van der Waals surface area contributed by atoms with Gasteiger partial charge in [-0.2, -0.15) is 14.0 Å². The quantitative estimate of drug-likeness (QED) is 0.666. The number of halogens is 2. The van der Waals surface area contributed by atoms with Crippen LogP contribution in [0.3, 0.4) is 0 Å². The first kappa shape index (κ1) is 21.1. The van der Waals surface area contributed by atoms with Crippen molar-refractivity contribution in [3.63, 3.8) is 0 Å². The predicted molar refractivity (Wildman–Crippen MR) is 86.9 cm³/mol. The summed E-state index contributed by atoms with van der Waals surface area (Å²) in [5, 5.41) is 2.71. The number of thiophene rings is 1. The third-order valence-corrected chi connectivity index (χ3v) is 5.19. The lowest BCUT2D eigenvalue weighted by molar-refractivity contribution is -1.92. The van der Waals surface area contributed by atoms with Gasteiger partial charge < -0.3 is 4.74 Å². The van der Waals surface area contributed by atoms with Gasteiger partial charge in [0.1, 0.15) is 6.04 Å². The van der Waals surface area contributed by atoms with Crippen molar-refractivity contribution in [2.75, 3.05) is 13.7 Å². The van der Waals surface area contributed by atoms with E-state index in [-0.39, 0.29) is 5.97 Å². The molecular formula is C16H17Cl2NO6S. The zero-order chi connectivity index (χ0) is 19.3. The fraction of sp³-hybridized carbons (Fsp3) is 0.312. The number of esters is 1. The van der Waals surface area contributed by atoms with Crippen LogP contribution in [0.1, 0.15) is 22.0 Å². The van der Waals surface area contributed by atoms with Gasteiger partial charge in [-0.15, -0.1) is 11.3 Å². The van der Waals surface area contributed by atoms with Gasteiger partial charge >= 0.3 is 5.97 Å². The minimum Gasteiger partial charge on any atom is -0.468 e. The van der Waals surface area contributed by atoms with Crippen molar-refractivity contribution in [2.24, 2.45) is 0 Å². The lowest BCUT2D eigenvalue weighted by Gasteiger charge is -2.33. The molecule has 1 atom stereocenters. The van der Waals surface area contributed by atoms with Crippen LogP contribution in [0.2, 0.25) is 5.02 Å². The number of hydrogen-bond acceptors (Lipinski definition) is 8. The van der Waals surface area contributed by atoms with Gasteiger partial charge in [0.05, 0.1) is 22.0 Å². The van der Waals surface area contributed by atoms with Gasteiger partial charge in [-0.25, -0.2) is 4.79 Å². The normalized spacial score (nSPS) is 15.5. The molecule has 1 aromatic carbocycles. The van der Waals surface area contributed by atoms with Crippen molar-refractivity contribution in [1.82, 2.24) is 4.90 Å². The number of hydrogen-bond donors (Lipinski definition) is 1. The number of ether oxygens (including phenoxy) is 1. The van der Waals surface area contributed by atoms with Crippen LogP contribution in [-0.2, 0) is 22.5 Å². The zero-order valence-corrected chi connectivity index (χ0v) is 16.1. The van der Waals surface area contributed by atoms with Gasteiger partial charge in [-0.05, 0) is 35.1 Å². The maximum Gasteiger partial charge on any atom is 0.327 e. The van der Waals surface area contributed by atoms with Gasteiger partial charge in [0.25, 0.3) is 0 Å². The maximum atomic E-state index is 12.3. The molecule has 1 N–H and O–H groups in total. The zero-order valence-electron chi connectivity index (χ0n) is 13.8. The van der Waals surface area contributed by atoms with Crippen LogP contribution in [0, 0.1) is 10.2 Å². The molecule has 0 spiro atoms. The summed E-state index contributed by atoms with van der Waals surface area (Å²) in [5.41, 5.74) is 2.11. The van der Waals surface area contributed by atoms with E-state index in [0.29, 0.717) is 5.02 Å². The summed E-state index contributed by atoms with van der Waals surface area (Å²) < 4.78 is 37.7. The minimum atomic E-state index is -4.69. The van der Waals surface area contributed by atoms with Crippen molar-refractivity contribution < 1.29 is 38.4 Å². The van der Waals surface area contributed by atoms with E-state index >= 15 is 0 Å². The molecule has 0 unspecified atom stereocenters. The number of rotatable bonds is 3. The van der Waals surface area contributed by atoms with Crippen LogP contribution in [-0.4, -0.2) is 29.2 Å². The van der Waals surface area contributed by atoms with E-state index in [0.717, 1.165) is 25.1 Å². The summed E-state index contributed by atoms with van der Waals surface area (Å²) in [6, 6.07) is 9.16. The van der Waals surface area contributed by atoms with Crippen molar-refractivity contribution in [1.29, 1.82) is 0 Å². The molecule has 0 amide bonds. The monoisotopic (exact) mass is 421 g/mol. The van der Waals surface area contributed by atoms with Crippen molar-refractivity contribution >= 4 is 28.9 Å². The molecule has 2 heterocycles. The highest BCUT2D eigenvalue weighted by Gasteiger charge is 2.32. The maximum absolute atomic E-state index is 12.3. The first-order chi connectivity index (χ1) is 12.2.